The number of likely N-dealkylation sites (tertiary alicyclic amines) is 1. The first-order chi connectivity index (χ1) is 20.2. The van der Waals surface area contributed by atoms with Crippen LogP contribution in [-0.4, -0.2) is 48.9 Å². The highest BCUT2D eigenvalue weighted by Gasteiger charge is 2.37. The van der Waals surface area contributed by atoms with Gasteiger partial charge in [-0.05, 0) is 54.3 Å². The van der Waals surface area contributed by atoms with Gasteiger partial charge in [0.05, 0.1) is 12.2 Å². The van der Waals surface area contributed by atoms with Crippen molar-refractivity contribution < 1.29 is 31.5 Å². The molecule has 2 aromatic heterocycles. The molecule has 0 aliphatic carbocycles. The fourth-order valence-electron chi connectivity index (χ4n) is 5.62. The Morgan fingerprint density at radius 1 is 1.05 bits per heavy atom. The maximum atomic E-state index is 15.7. The van der Waals surface area contributed by atoms with Gasteiger partial charge in [0.15, 0.2) is 23.0 Å². The Hall–Kier alpha value is -4.16. The third-order valence-corrected chi connectivity index (χ3v) is 7.65. The van der Waals surface area contributed by atoms with E-state index in [4.69, 9.17) is 4.42 Å². The number of aliphatic hydroxyl groups is 1. The van der Waals surface area contributed by atoms with Crippen LogP contribution in [0.15, 0.2) is 59.3 Å². The lowest BCUT2D eigenvalue weighted by Crippen LogP contribution is -2.41. The van der Waals surface area contributed by atoms with Crippen molar-refractivity contribution in [3.63, 3.8) is 0 Å². The summed E-state index contributed by atoms with van der Waals surface area (Å²) < 4.78 is 81.0. The first-order valence-electron chi connectivity index (χ1n) is 13.4. The molecule has 1 saturated heterocycles. The van der Waals surface area contributed by atoms with Crippen molar-refractivity contribution in [3.8, 4) is 34.0 Å². The molecule has 6 rings (SSSR count). The predicted molar refractivity (Wildman–Crippen MR) is 145 cm³/mol. The predicted octanol–water partition coefficient (Wildman–Crippen LogP) is 6.60. The minimum absolute atomic E-state index is 0.0690. The molecule has 12 heteroatoms. The summed E-state index contributed by atoms with van der Waals surface area (Å²) in [5.74, 6) is -2.95. The SMILES string of the molecule is Cn1cnnc1-c1c(-c2ccccc2)cc(F)c(F)c1-c1nc2cc(CN3CCCCC3CO)cc(C(F)(F)F)c2o1. The maximum Gasteiger partial charge on any atom is 0.420 e. The zero-order chi connectivity index (χ0) is 29.6. The monoisotopic (exact) mass is 583 g/mol. The highest BCUT2D eigenvalue weighted by atomic mass is 19.4. The van der Waals surface area contributed by atoms with Crippen LogP contribution >= 0.6 is 0 Å². The van der Waals surface area contributed by atoms with Crippen LogP contribution in [-0.2, 0) is 19.8 Å². The second kappa shape index (κ2) is 10.9. The van der Waals surface area contributed by atoms with E-state index in [0.717, 1.165) is 31.4 Å². The number of piperidine rings is 1. The van der Waals surface area contributed by atoms with E-state index in [1.165, 1.54) is 17.0 Å². The van der Waals surface area contributed by atoms with Crippen molar-refractivity contribution in [1.29, 1.82) is 0 Å². The second-order valence-corrected chi connectivity index (χ2v) is 10.4. The normalized spacial score (nSPS) is 16.4. The van der Waals surface area contributed by atoms with E-state index in [0.29, 0.717) is 17.7 Å². The van der Waals surface area contributed by atoms with E-state index >= 15 is 8.78 Å². The number of halogens is 5. The van der Waals surface area contributed by atoms with Gasteiger partial charge in [0.1, 0.15) is 17.4 Å². The minimum atomic E-state index is -4.81. The molecule has 7 nitrogen and oxygen atoms in total. The number of hydrogen-bond acceptors (Lipinski definition) is 6. The van der Waals surface area contributed by atoms with Crippen LogP contribution in [0.1, 0.15) is 30.4 Å². The minimum Gasteiger partial charge on any atom is -0.435 e. The second-order valence-electron chi connectivity index (χ2n) is 10.4. The molecule has 0 bridgehead atoms. The maximum absolute atomic E-state index is 15.7. The van der Waals surface area contributed by atoms with Gasteiger partial charge < -0.3 is 14.1 Å². The number of aryl methyl sites for hydroxylation is 1. The topological polar surface area (TPSA) is 80.2 Å². The summed E-state index contributed by atoms with van der Waals surface area (Å²) in [5.41, 5.74) is -1.15. The fourth-order valence-corrected chi connectivity index (χ4v) is 5.62. The van der Waals surface area contributed by atoms with Crippen LogP contribution in [0, 0.1) is 11.6 Å². The van der Waals surface area contributed by atoms with Crippen LogP contribution in [0.3, 0.4) is 0 Å². The molecule has 0 saturated carbocycles. The average Bonchev–Trinajstić information content (AvgIpc) is 3.59. The smallest absolute Gasteiger partial charge is 0.420 e. The average molecular weight is 584 g/mol. The molecule has 1 aliphatic heterocycles. The molecule has 0 radical (unpaired) electrons. The van der Waals surface area contributed by atoms with Gasteiger partial charge in [0.25, 0.3) is 0 Å². The van der Waals surface area contributed by atoms with Crippen LogP contribution in [0.4, 0.5) is 22.0 Å². The number of aliphatic hydroxyl groups excluding tert-OH is 1. The summed E-state index contributed by atoms with van der Waals surface area (Å²) >= 11 is 0. The zero-order valence-electron chi connectivity index (χ0n) is 22.5. The van der Waals surface area contributed by atoms with E-state index < -0.39 is 40.4 Å². The number of hydrogen-bond donors (Lipinski definition) is 1. The number of nitrogens with zero attached hydrogens (tertiary/aromatic N) is 5. The van der Waals surface area contributed by atoms with Crippen molar-refractivity contribution in [3.05, 3.63) is 77.6 Å². The Morgan fingerprint density at radius 3 is 2.52 bits per heavy atom. The zero-order valence-corrected chi connectivity index (χ0v) is 22.5. The number of aromatic nitrogens is 4. The van der Waals surface area contributed by atoms with Crippen molar-refractivity contribution in [2.75, 3.05) is 13.2 Å². The van der Waals surface area contributed by atoms with E-state index in [1.54, 1.807) is 37.4 Å². The lowest BCUT2D eigenvalue weighted by Gasteiger charge is -2.34. The lowest BCUT2D eigenvalue weighted by molar-refractivity contribution is -0.136. The molecule has 42 heavy (non-hydrogen) atoms. The standard InChI is InChI=1S/C30H26F5N5O2/c1-39-16-36-38-28(39)24-20(18-7-3-2-4-8-18)13-22(31)26(32)25(24)29-37-23-12-17(11-21(27(23)42-29)30(33,34)35)14-40-10-6-5-9-19(40)15-41/h2-4,7-8,11-13,16,19,41H,5-6,9-10,14-15H2,1H3. The molecule has 3 aromatic carbocycles. The lowest BCUT2D eigenvalue weighted by atomic mass is 9.93. The van der Waals surface area contributed by atoms with Gasteiger partial charge in [-0.2, -0.15) is 13.2 Å². The van der Waals surface area contributed by atoms with Gasteiger partial charge in [0, 0.05) is 25.2 Å². The Balaban J connectivity index is 1.58. The fraction of sp³-hybridized carbons (Fsp3) is 0.300. The highest BCUT2D eigenvalue weighted by molar-refractivity contribution is 5.92. The summed E-state index contributed by atoms with van der Waals surface area (Å²) in [6.07, 6.45) is -0.904. The van der Waals surface area contributed by atoms with Gasteiger partial charge in [-0.1, -0.05) is 36.8 Å². The summed E-state index contributed by atoms with van der Waals surface area (Å²) in [6, 6.07) is 11.9. The highest BCUT2D eigenvalue weighted by Crippen LogP contribution is 2.44. The number of benzene rings is 3. The number of rotatable bonds is 6. The van der Waals surface area contributed by atoms with E-state index in [9.17, 15) is 18.3 Å². The van der Waals surface area contributed by atoms with Gasteiger partial charge in [-0.25, -0.2) is 13.8 Å². The van der Waals surface area contributed by atoms with Gasteiger partial charge in [0.2, 0.25) is 5.89 Å². The molecule has 5 aromatic rings. The molecule has 3 heterocycles. The first kappa shape index (κ1) is 28.0. The van der Waals surface area contributed by atoms with Crippen LogP contribution in [0.25, 0.3) is 45.1 Å². The molecular formula is C30H26F5N5O2. The van der Waals surface area contributed by atoms with E-state index in [2.05, 4.69) is 15.2 Å². The molecule has 1 aliphatic rings. The summed E-state index contributed by atoms with van der Waals surface area (Å²) in [7, 11) is 1.61. The summed E-state index contributed by atoms with van der Waals surface area (Å²) in [6.45, 7) is 0.686. The third-order valence-electron chi connectivity index (χ3n) is 7.65. The first-order valence-corrected chi connectivity index (χ1v) is 13.4. The molecular weight excluding hydrogens is 557 g/mol. The number of alkyl halides is 3. The molecule has 1 N–H and O–H groups in total. The molecule has 1 atom stereocenters. The van der Waals surface area contributed by atoms with Crippen molar-refractivity contribution in [2.24, 2.45) is 7.05 Å². The Labute approximate surface area is 237 Å². The number of fused-ring (bicyclic) bond motifs is 1. The van der Waals surface area contributed by atoms with Gasteiger partial charge in [-0.3, -0.25) is 4.90 Å². The molecule has 1 unspecified atom stereocenters. The van der Waals surface area contributed by atoms with Crippen molar-refractivity contribution in [1.82, 2.24) is 24.6 Å². The third kappa shape index (κ3) is 5.05. The van der Waals surface area contributed by atoms with Crippen molar-refractivity contribution in [2.45, 2.75) is 38.0 Å². The van der Waals surface area contributed by atoms with Crippen LogP contribution in [0.2, 0.25) is 0 Å². The van der Waals surface area contributed by atoms with E-state index in [1.807, 2.05) is 4.90 Å². The Morgan fingerprint density at radius 2 is 1.83 bits per heavy atom. The quantitative estimate of drug-likeness (QED) is 0.227. The largest absolute Gasteiger partial charge is 0.435 e. The van der Waals surface area contributed by atoms with E-state index in [-0.39, 0.29) is 41.7 Å². The number of oxazole rings is 1. The molecule has 1 fully saturated rings. The van der Waals surface area contributed by atoms with Crippen molar-refractivity contribution >= 4 is 11.1 Å². The van der Waals surface area contributed by atoms with Gasteiger partial charge >= 0.3 is 6.18 Å². The van der Waals surface area contributed by atoms with Crippen LogP contribution < -0.4 is 0 Å². The summed E-state index contributed by atoms with van der Waals surface area (Å²) in [4.78, 5) is 6.23. The molecule has 0 amide bonds. The Kier molecular flexibility index (Phi) is 7.27. The van der Waals surface area contributed by atoms with Gasteiger partial charge in [-0.15, -0.1) is 10.2 Å². The summed E-state index contributed by atoms with van der Waals surface area (Å²) in [5, 5.41) is 17.7. The van der Waals surface area contributed by atoms with Crippen LogP contribution in [0.5, 0.6) is 0 Å². The molecule has 218 valence electrons. The molecule has 0 spiro atoms. The Bertz CT molecular complexity index is 1750.